The van der Waals surface area contributed by atoms with Crippen LogP contribution in [0, 0.1) is 0 Å². The number of nitrogens with one attached hydrogen (secondary N) is 2. The molecule has 0 spiro atoms. The van der Waals surface area contributed by atoms with Crippen molar-refractivity contribution in [1.29, 1.82) is 0 Å². The lowest BCUT2D eigenvalue weighted by Crippen LogP contribution is -2.49. The van der Waals surface area contributed by atoms with E-state index in [4.69, 9.17) is 14.5 Å². The van der Waals surface area contributed by atoms with Crippen molar-refractivity contribution in [2.75, 3.05) is 62.6 Å². The Morgan fingerprint density at radius 1 is 1.14 bits per heavy atom. The van der Waals surface area contributed by atoms with Crippen molar-refractivity contribution in [3.63, 3.8) is 0 Å². The number of ether oxygens (including phenoxy) is 2. The minimum Gasteiger partial charge on any atom is -0.444 e. The van der Waals surface area contributed by atoms with Gasteiger partial charge >= 0.3 is 6.09 Å². The summed E-state index contributed by atoms with van der Waals surface area (Å²) in [5, 5.41) is 6.80. The molecule has 2 aromatic heterocycles. The molecule has 0 aliphatic carbocycles. The van der Waals surface area contributed by atoms with Gasteiger partial charge in [0.1, 0.15) is 11.1 Å². The molecule has 1 amide bonds. The molecule has 2 aliphatic heterocycles. The molecule has 196 valence electrons. The normalized spacial score (nSPS) is 18.6. The van der Waals surface area contributed by atoms with Crippen LogP contribution in [-0.4, -0.2) is 90.1 Å². The monoisotopic (exact) mass is 505 g/mol. The van der Waals surface area contributed by atoms with E-state index in [1.54, 1.807) is 17.3 Å². The van der Waals surface area contributed by atoms with Crippen molar-refractivity contribution < 1.29 is 14.3 Å². The molecule has 1 aromatic carbocycles. The van der Waals surface area contributed by atoms with Crippen LogP contribution in [0.3, 0.4) is 0 Å². The fourth-order valence-corrected chi connectivity index (χ4v) is 4.55. The molecule has 2 N–H and O–H groups in total. The molecule has 3 aromatic rings. The summed E-state index contributed by atoms with van der Waals surface area (Å²) in [4.78, 5) is 30.5. The predicted molar refractivity (Wildman–Crippen MR) is 144 cm³/mol. The Balaban J connectivity index is 1.31. The summed E-state index contributed by atoms with van der Waals surface area (Å²) in [6, 6.07) is 10.5. The van der Waals surface area contributed by atoms with Crippen LogP contribution in [0.5, 0.6) is 0 Å². The van der Waals surface area contributed by atoms with Crippen LogP contribution in [0.4, 0.5) is 16.3 Å². The molecule has 2 aliphatic rings. The van der Waals surface area contributed by atoms with E-state index < -0.39 is 5.60 Å². The zero-order valence-electron chi connectivity index (χ0n) is 21.7. The van der Waals surface area contributed by atoms with Crippen LogP contribution in [0.15, 0.2) is 42.7 Å². The van der Waals surface area contributed by atoms with Gasteiger partial charge in [-0.15, -0.1) is 0 Å². The van der Waals surface area contributed by atoms with E-state index in [-0.39, 0.29) is 12.2 Å². The largest absolute Gasteiger partial charge is 0.444 e. The zero-order chi connectivity index (χ0) is 25.8. The van der Waals surface area contributed by atoms with Crippen LogP contribution in [0.1, 0.15) is 20.8 Å². The number of carbonyl (C=O) groups is 1. The zero-order valence-corrected chi connectivity index (χ0v) is 21.7. The number of anilines is 2. The van der Waals surface area contributed by atoms with Crippen molar-refractivity contribution in [2.45, 2.75) is 32.5 Å². The molecule has 5 rings (SSSR count). The number of carbonyl (C=O) groups excluding carboxylic acids is 1. The van der Waals surface area contributed by atoms with E-state index >= 15 is 0 Å². The minimum atomic E-state index is -0.533. The lowest BCUT2D eigenvalue weighted by Gasteiger charge is -2.34. The van der Waals surface area contributed by atoms with E-state index in [9.17, 15) is 4.79 Å². The summed E-state index contributed by atoms with van der Waals surface area (Å²) in [6.45, 7) is 11.5. The van der Waals surface area contributed by atoms with Gasteiger partial charge in [0.15, 0.2) is 5.82 Å². The second-order valence-electron chi connectivity index (χ2n) is 10.4. The van der Waals surface area contributed by atoms with E-state index in [2.05, 4.69) is 49.8 Å². The van der Waals surface area contributed by atoms with Gasteiger partial charge in [0.2, 0.25) is 0 Å². The average Bonchev–Trinajstić information content (AvgIpc) is 2.91. The third-order valence-corrected chi connectivity index (χ3v) is 6.39. The van der Waals surface area contributed by atoms with E-state index in [1.807, 2.05) is 26.8 Å². The summed E-state index contributed by atoms with van der Waals surface area (Å²) >= 11 is 0. The number of pyridine rings is 1. The van der Waals surface area contributed by atoms with E-state index in [0.29, 0.717) is 37.6 Å². The van der Waals surface area contributed by atoms with Crippen LogP contribution in [-0.2, 0) is 9.47 Å². The van der Waals surface area contributed by atoms with Crippen molar-refractivity contribution in [1.82, 2.24) is 25.2 Å². The summed E-state index contributed by atoms with van der Waals surface area (Å²) < 4.78 is 11.5. The molecule has 0 bridgehead atoms. The lowest BCUT2D eigenvalue weighted by atomic mass is 10.1. The maximum atomic E-state index is 12.5. The SMILES string of the molecule is CC(C)(C)OC(=O)N1CCO[C@H](CNc2nc(-c3ccc(N4CCNCC4)cc3)cc3nccnc23)C1. The smallest absolute Gasteiger partial charge is 0.410 e. The third-order valence-electron chi connectivity index (χ3n) is 6.39. The Morgan fingerprint density at radius 2 is 1.89 bits per heavy atom. The highest BCUT2D eigenvalue weighted by Gasteiger charge is 2.28. The van der Waals surface area contributed by atoms with Crippen LogP contribution in [0.2, 0.25) is 0 Å². The Morgan fingerprint density at radius 3 is 2.65 bits per heavy atom. The predicted octanol–water partition coefficient (Wildman–Crippen LogP) is 3.15. The van der Waals surface area contributed by atoms with Gasteiger partial charge in [0.25, 0.3) is 0 Å². The summed E-state index contributed by atoms with van der Waals surface area (Å²) in [5.41, 5.74) is 3.98. The fourth-order valence-electron chi connectivity index (χ4n) is 4.55. The highest BCUT2D eigenvalue weighted by molar-refractivity contribution is 5.88. The number of piperazine rings is 1. The number of hydrogen-bond acceptors (Lipinski definition) is 9. The molecule has 2 fully saturated rings. The van der Waals surface area contributed by atoms with Gasteiger partial charge in [0.05, 0.1) is 30.5 Å². The van der Waals surface area contributed by atoms with E-state index in [1.165, 1.54) is 5.69 Å². The molecular weight excluding hydrogens is 470 g/mol. The number of rotatable bonds is 5. The number of fused-ring (bicyclic) bond motifs is 1. The number of morpholine rings is 1. The number of nitrogens with zero attached hydrogens (tertiary/aromatic N) is 5. The highest BCUT2D eigenvalue weighted by atomic mass is 16.6. The third kappa shape index (κ3) is 6.26. The molecule has 0 saturated carbocycles. The van der Waals surface area contributed by atoms with Crippen molar-refractivity contribution in [3.05, 3.63) is 42.7 Å². The molecule has 0 unspecified atom stereocenters. The molecule has 37 heavy (non-hydrogen) atoms. The number of benzene rings is 1. The topological polar surface area (TPSA) is 105 Å². The quantitative estimate of drug-likeness (QED) is 0.541. The van der Waals surface area contributed by atoms with Crippen molar-refractivity contribution >= 4 is 28.6 Å². The highest BCUT2D eigenvalue weighted by Crippen LogP contribution is 2.27. The number of amides is 1. The molecule has 10 heteroatoms. The van der Waals surface area contributed by atoms with Gasteiger partial charge in [-0.05, 0) is 39.0 Å². The summed E-state index contributed by atoms with van der Waals surface area (Å²) in [5.74, 6) is 0.643. The van der Waals surface area contributed by atoms with E-state index in [0.717, 1.165) is 43.0 Å². The minimum absolute atomic E-state index is 0.197. The lowest BCUT2D eigenvalue weighted by molar-refractivity contribution is -0.0371. The van der Waals surface area contributed by atoms with Crippen molar-refractivity contribution in [3.8, 4) is 11.3 Å². The van der Waals surface area contributed by atoms with Gasteiger partial charge < -0.3 is 29.9 Å². The van der Waals surface area contributed by atoms with Gasteiger partial charge in [-0.25, -0.2) is 14.8 Å². The first-order valence-electron chi connectivity index (χ1n) is 12.9. The van der Waals surface area contributed by atoms with Gasteiger partial charge in [-0.2, -0.15) is 0 Å². The molecule has 1 atom stereocenters. The second kappa shape index (κ2) is 10.9. The Labute approximate surface area is 217 Å². The Hall–Kier alpha value is -3.50. The van der Waals surface area contributed by atoms with Crippen LogP contribution >= 0.6 is 0 Å². The maximum absolute atomic E-state index is 12.5. The standard InChI is InChI=1S/C27H35N7O3/c1-27(2,3)37-26(35)34-14-15-36-21(18-34)17-31-25-24-23(29-8-9-30-24)16-22(32-25)19-4-6-20(7-5-19)33-12-10-28-11-13-33/h4-9,16,21,28H,10-15,17-18H2,1-3H3,(H,31,32)/t21-/m1/s1. The number of hydrogen-bond donors (Lipinski definition) is 2. The first-order chi connectivity index (χ1) is 17.9. The molecule has 2 saturated heterocycles. The molecule has 0 radical (unpaired) electrons. The molecule has 10 nitrogen and oxygen atoms in total. The van der Waals surface area contributed by atoms with Gasteiger partial charge in [0, 0.05) is 62.9 Å². The Bertz CT molecular complexity index is 1220. The summed E-state index contributed by atoms with van der Waals surface area (Å²) in [6.07, 6.45) is 2.84. The molecule has 4 heterocycles. The van der Waals surface area contributed by atoms with Gasteiger partial charge in [-0.1, -0.05) is 12.1 Å². The number of aromatic nitrogens is 3. The Kier molecular flexibility index (Phi) is 7.38. The second-order valence-corrected chi connectivity index (χ2v) is 10.4. The van der Waals surface area contributed by atoms with Crippen LogP contribution < -0.4 is 15.5 Å². The molecular formula is C27H35N7O3. The first-order valence-corrected chi connectivity index (χ1v) is 12.9. The maximum Gasteiger partial charge on any atom is 0.410 e. The van der Waals surface area contributed by atoms with Gasteiger partial charge in [-0.3, -0.25) is 4.98 Å². The first kappa shape index (κ1) is 25.2. The fraction of sp³-hybridized carbons (Fsp3) is 0.481. The summed E-state index contributed by atoms with van der Waals surface area (Å²) in [7, 11) is 0. The average molecular weight is 506 g/mol. The van der Waals surface area contributed by atoms with Crippen LogP contribution in [0.25, 0.3) is 22.3 Å². The van der Waals surface area contributed by atoms with Crippen molar-refractivity contribution in [2.24, 2.45) is 0 Å².